The zero-order valence-corrected chi connectivity index (χ0v) is 24.5. The Morgan fingerprint density at radius 3 is 1.95 bits per heavy atom. The summed E-state index contributed by atoms with van der Waals surface area (Å²) in [5, 5.41) is 33.5. The minimum Gasteiger partial charge on any atom is -0.508 e. The summed E-state index contributed by atoms with van der Waals surface area (Å²) < 4.78 is 14.9. The molecule has 1 heterocycles. The third kappa shape index (κ3) is 7.27. The van der Waals surface area contributed by atoms with Crippen LogP contribution >= 0.6 is 0 Å². The van der Waals surface area contributed by atoms with Gasteiger partial charge in [0.25, 0.3) is 0 Å². The van der Waals surface area contributed by atoms with Gasteiger partial charge in [0.2, 0.25) is 5.91 Å². The molecule has 0 aliphatic carbocycles. The van der Waals surface area contributed by atoms with Crippen molar-refractivity contribution in [1.82, 2.24) is 15.1 Å². The Hall–Kier alpha value is -4.12. The second-order valence-electron chi connectivity index (χ2n) is 11.3. The van der Waals surface area contributed by atoms with Crippen molar-refractivity contribution in [3.8, 4) is 11.5 Å². The van der Waals surface area contributed by atoms with Gasteiger partial charge < -0.3 is 25.5 Å². The van der Waals surface area contributed by atoms with Crippen LogP contribution in [0, 0.1) is 24.6 Å². The monoisotopic (exact) mass is 591 g/mol. The van der Waals surface area contributed by atoms with Crippen LogP contribution in [-0.4, -0.2) is 95.5 Å². The molecule has 1 aliphatic heterocycles. The van der Waals surface area contributed by atoms with Crippen LogP contribution in [0.5, 0.6) is 11.5 Å². The maximum atomic E-state index is 14.9. The number of rotatable bonds is 11. The van der Waals surface area contributed by atoms with E-state index in [1.807, 2.05) is 19.0 Å². The zero-order chi connectivity index (χ0) is 31.3. The van der Waals surface area contributed by atoms with Gasteiger partial charge in [-0.2, -0.15) is 0 Å². The Morgan fingerprint density at radius 2 is 1.47 bits per heavy atom. The van der Waals surface area contributed by atoms with E-state index >= 15 is 0 Å². The number of carbonyl (C=O) groups excluding carboxylic acids is 3. The SMILES string of the molecule is Cc1c(F)cccc1C1C(C(=O)c2cccc(O)c2)CN(C(CO)C(=O)NCCN(C)C)CC1C(=O)c1cccc(O)c1. The Kier molecular flexibility index (Phi) is 10.3. The molecule has 3 aromatic carbocycles. The summed E-state index contributed by atoms with van der Waals surface area (Å²) in [6.07, 6.45) is 0. The Labute approximate surface area is 250 Å². The highest BCUT2D eigenvalue weighted by atomic mass is 19.1. The average Bonchev–Trinajstić information content (AvgIpc) is 2.97. The first kappa shape index (κ1) is 31.8. The molecule has 3 atom stereocenters. The second-order valence-corrected chi connectivity index (χ2v) is 11.3. The van der Waals surface area contributed by atoms with Crippen molar-refractivity contribution in [2.45, 2.75) is 18.9 Å². The third-order valence-electron chi connectivity index (χ3n) is 8.11. The summed E-state index contributed by atoms with van der Waals surface area (Å²) >= 11 is 0. The lowest BCUT2D eigenvalue weighted by Gasteiger charge is -2.45. The lowest BCUT2D eigenvalue weighted by atomic mass is 9.67. The highest BCUT2D eigenvalue weighted by Crippen LogP contribution is 2.43. The summed E-state index contributed by atoms with van der Waals surface area (Å²) in [5.41, 5.74) is 1.17. The number of likely N-dealkylation sites (tertiary alicyclic amines) is 1. The number of phenols is 2. The number of Topliss-reactive ketones (excluding diaryl/α,β-unsaturated/α-hetero) is 2. The third-order valence-corrected chi connectivity index (χ3v) is 8.11. The summed E-state index contributed by atoms with van der Waals surface area (Å²) in [6.45, 7) is 1.92. The quantitative estimate of drug-likeness (QED) is 0.251. The highest BCUT2D eigenvalue weighted by molar-refractivity contribution is 6.02. The Morgan fingerprint density at radius 1 is 0.930 bits per heavy atom. The number of hydrogen-bond donors (Lipinski definition) is 4. The van der Waals surface area contributed by atoms with Crippen molar-refractivity contribution < 1.29 is 34.1 Å². The number of piperidine rings is 1. The lowest BCUT2D eigenvalue weighted by molar-refractivity contribution is -0.129. The molecule has 3 aromatic rings. The average molecular weight is 592 g/mol. The number of halogens is 1. The maximum absolute atomic E-state index is 14.9. The standard InChI is InChI=1S/C33H38FN3O6/c1-20-25(11-6-12-28(20)34)30-26(31(41)21-7-4-9-23(39)15-21)17-37(29(19-38)33(43)35-13-14-36(2)3)18-27(30)32(42)22-8-5-10-24(40)16-22/h4-12,15-16,26-27,29-30,38-40H,13-14,17-19H2,1-3H3,(H,35,43). The molecule has 3 unspecified atom stereocenters. The zero-order valence-electron chi connectivity index (χ0n) is 24.5. The van der Waals surface area contributed by atoms with Gasteiger partial charge >= 0.3 is 0 Å². The van der Waals surface area contributed by atoms with E-state index in [1.54, 1.807) is 30.0 Å². The normalized spacial score (nSPS) is 19.6. The molecule has 1 aliphatic rings. The highest BCUT2D eigenvalue weighted by Gasteiger charge is 2.47. The number of carbonyl (C=O) groups is 3. The van der Waals surface area contributed by atoms with Crippen LogP contribution < -0.4 is 5.32 Å². The van der Waals surface area contributed by atoms with Gasteiger partial charge in [-0.15, -0.1) is 0 Å². The van der Waals surface area contributed by atoms with E-state index in [1.165, 1.54) is 48.5 Å². The molecular formula is C33H38FN3O6. The van der Waals surface area contributed by atoms with E-state index in [2.05, 4.69) is 5.32 Å². The molecule has 1 saturated heterocycles. The van der Waals surface area contributed by atoms with Gasteiger partial charge in [-0.3, -0.25) is 19.3 Å². The first-order valence-electron chi connectivity index (χ1n) is 14.2. The fourth-order valence-corrected chi connectivity index (χ4v) is 5.88. The van der Waals surface area contributed by atoms with Gasteiger partial charge in [0, 0.05) is 55.1 Å². The number of likely N-dealkylation sites (N-methyl/N-ethyl adjacent to an activating group) is 1. The Bertz CT molecular complexity index is 1410. The molecule has 4 N–H and O–H groups in total. The van der Waals surface area contributed by atoms with E-state index < -0.39 is 53.7 Å². The number of ketones is 2. The molecule has 0 aromatic heterocycles. The van der Waals surface area contributed by atoms with Crippen LogP contribution in [0.25, 0.3) is 0 Å². The van der Waals surface area contributed by atoms with Gasteiger partial charge in [0.15, 0.2) is 11.6 Å². The van der Waals surface area contributed by atoms with Crippen molar-refractivity contribution in [1.29, 1.82) is 0 Å². The first-order valence-corrected chi connectivity index (χ1v) is 14.2. The fourth-order valence-electron chi connectivity index (χ4n) is 5.88. The number of hydrogen-bond acceptors (Lipinski definition) is 8. The molecule has 4 rings (SSSR count). The largest absolute Gasteiger partial charge is 0.508 e. The van der Waals surface area contributed by atoms with Gasteiger partial charge in [-0.1, -0.05) is 36.4 Å². The second kappa shape index (κ2) is 13.9. The molecule has 228 valence electrons. The number of aliphatic hydroxyl groups is 1. The van der Waals surface area contributed by atoms with Crippen LogP contribution in [-0.2, 0) is 4.79 Å². The molecule has 0 radical (unpaired) electrons. The van der Waals surface area contributed by atoms with Crippen molar-refractivity contribution in [2.75, 3.05) is 46.9 Å². The van der Waals surface area contributed by atoms with Crippen LogP contribution in [0.2, 0.25) is 0 Å². The van der Waals surface area contributed by atoms with E-state index in [-0.39, 0.29) is 35.7 Å². The number of nitrogens with zero attached hydrogens (tertiary/aromatic N) is 2. The van der Waals surface area contributed by atoms with Crippen LogP contribution in [0.1, 0.15) is 37.8 Å². The molecule has 1 amide bonds. The summed E-state index contributed by atoms with van der Waals surface area (Å²) in [6, 6.07) is 15.2. The summed E-state index contributed by atoms with van der Waals surface area (Å²) in [7, 11) is 3.73. The maximum Gasteiger partial charge on any atom is 0.239 e. The topological polar surface area (TPSA) is 130 Å². The number of aliphatic hydroxyl groups excluding tert-OH is 1. The van der Waals surface area contributed by atoms with Crippen molar-refractivity contribution >= 4 is 17.5 Å². The van der Waals surface area contributed by atoms with E-state index in [4.69, 9.17) is 0 Å². The van der Waals surface area contributed by atoms with Crippen LogP contribution in [0.15, 0.2) is 66.7 Å². The molecule has 10 heteroatoms. The number of benzene rings is 3. The van der Waals surface area contributed by atoms with Gasteiger partial charge in [0.1, 0.15) is 23.4 Å². The molecule has 43 heavy (non-hydrogen) atoms. The number of aromatic hydroxyl groups is 2. The van der Waals surface area contributed by atoms with Gasteiger partial charge in [-0.05, 0) is 62.5 Å². The summed E-state index contributed by atoms with van der Waals surface area (Å²) in [5.74, 6) is -4.67. The molecule has 0 saturated carbocycles. The molecule has 0 bridgehead atoms. The van der Waals surface area contributed by atoms with E-state index in [0.717, 1.165) is 0 Å². The van der Waals surface area contributed by atoms with Gasteiger partial charge in [0.05, 0.1) is 6.61 Å². The van der Waals surface area contributed by atoms with Crippen molar-refractivity contribution in [3.63, 3.8) is 0 Å². The minimum absolute atomic E-state index is 0.00867. The Balaban J connectivity index is 1.84. The first-order chi connectivity index (χ1) is 20.5. The predicted molar refractivity (Wildman–Crippen MR) is 160 cm³/mol. The number of phenolic OH excluding ortho intramolecular Hbond substituents is 2. The molecule has 9 nitrogen and oxygen atoms in total. The van der Waals surface area contributed by atoms with E-state index in [0.29, 0.717) is 24.2 Å². The van der Waals surface area contributed by atoms with Crippen molar-refractivity contribution in [3.05, 3.63) is 94.8 Å². The fraction of sp³-hybridized carbons (Fsp3) is 0.364. The van der Waals surface area contributed by atoms with Crippen LogP contribution in [0.4, 0.5) is 4.39 Å². The number of nitrogens with one attached hydrogen (secondary N) is 1. The summed E-state index contributed by atoms with van der Waals surface area (Å²) in [4.78, 5) is 45.2. The number of amides is 1. The molecular weight excluding hydrogens is 553 g/mol. The molecule has 0 spiro atoms. The lowest BCUT2D eigenvalue weighted by Crippen LogP contribution is -2.58. The minimum atomic E-state index is -1.06. The predicted octanol–water partition coefficient (Wildman–Crippen LogP) is 2.98. The molecule has 1 fully saturated rings. The van der Waals surface area contributed by atoms with E-state index in [9.17, 15) is 34.1 Å². The van der Waals surface area contributed by atoms with Gasteiger partial charge in [-0.25, -0.2) is 4.39 Å². The van der Waals surface area contributed by atoms with Crippen molar-refractivity contribution in [2.24, 2.45) is 11.8 Å². The smallest absolute Gasteiger partial charge is 0.239 e. The van der Waals surface area contributed by atoms with Crippen LogP contribution in [0.3, 0.4) is 0 Å².